The predicted octanol–water partition coefficient (Wildman–Crippen LogP) is 2.19. The summed E-state index contributed by atoms with van der Waals surface area (Å²) in [6.45, 7) is 6.29. The first-order valence-corrected chi connectivity index (χ1v) is 8.97. The number of aliphatic hydroxyl groups is 1. The molecule has 3 aromatic rings. The zero-order valence-corrected chi connectivity index (χ0v) is 15.2. The molecule has 2 atom stereocenters. The second-order valence-electron chi connectivity index (χ2n) is 7.18. The number of aryl methyl sites for hydroxylation is 1. The average molecular weight is 356 g/mol. The standard InChI is InChI=1S/C17H24N8O/c1-9-6-13-15(18-9)21-17(22-16(13)19-11(3)12-4-5-12)20-14-8-25(24-23-14)7-10(2)26/h6,8,10-12,26H,4-5,7H2,1-3H3,(H3,18,19,20,21,22)/t10?,11-/m1/s1. The first-order valence-electron chi connectivity index (χ1n) is 8.97. The molecule has 138 valence electrons. The number of aliphatic hydroxyl groups excluding tert-OH is 1. The molecule has 0 aliphatic heterocycles. The lowest BCUT2D eigenvalue weighted by Gasteiger charge is -2.15. The summed E-state index contributed by atoms with van der Waals surface area (Å²) in [6, 6.07) is 2.43. The fourth-order valence-electron chi connectivity index (χ4n) is 3.07. The summed E-state index contributed by atoms with van der Waals surface area (Å²) < 4.78 is 1.58. The van der Waals surface area contributed by atoms with Crippen LogP contribution in [0.4, 0.5) is 17.6 Å². The quantitative estimate of drug-likeness (QED) is 0.513. The molecule has 1 aliphatic carbocycles. The van der Waals surface area contributed by atoms with E-state index < -0.39 is 6.10 Å². The van der Waals surface area contributed by atoms with Crippen LogP contribution in [0.3, 0.4) is 0 Å². The minimum atomic E-state index is -0.487. The van der Waals surface area contributed by atoms with Gasteiger partial charge in [-0.2, -0.15) is 9.97 Å². The summed E-state index contributed by atoms with van der Waals surface area (Å²) in [5, 5.41) is 25.1. The number of fused-ring (bicyclic) bond motifs is 1. The Bertz CT molecular complexity index is 911. The Morgan fingerprint density at radius 1 is 1.35 bits per heavy atom. The van der Waals surface area contributed by atoms with E-state index in [1.54, 1.807) is 17.8 Å². The van der Waals surface area contributed by atoms with Gasteiger partial charge in [0.1, 0.15) is 11.5 Å². The smallest absolute Gasteiger partial charge is 0.232 e. The Morgan fingerprint density at radius 3 is 2.88 bits per heavy atom. The number of hydrogen-bond acceptors (Lipinski definition) is 7. The van der Waals surface area contributed by atoms with Gasteiger partial charge >= 0.3 is 0 Å². The van der Waals surface area contributed by atoms with Crippen LogP contribution in [0.1, 0.15) is 32.4 Å². The van der Waals surface area contributed by atoms with Crippen molar-refractivity contribution in [3.63, 3.8) is 0 Å². The molecule has 3 aromatic heterocycles. The van der Waals surface area contributed by atoms with Crippen LogP contribution in [0.25, 0.3) is 11.0 Å². The van der Waals surface area contributed by atoms with Gasteiger partial charge in [0.25, 0.3) is 0 Å². The molecule has 4 N–H and O–H groups in total. The minimum Gasteiger partial charge on any atom is -0.391 e. The Labute approximate surface area is 151 Å². The molecule has 26 heavy (non-hydrogen) atoms. The SMILES string of the molecule is Cc1cc2c(N[C@H](C)C3CC3)nc(Nc3cn(CC(C)O)nn3)nc2[nH]1. The van der Waals surface area contributed by atoms with Crippen LogP contribution in [0, 0.1) is 12.8 Å². The number of hydrogen-bond donors (Lipinski definition) is 4. The molecule has 1 saturated carbocycles. The molecule has 9 nitrogen and oxygen atoms in total. The summed E-state index contributed by atoms with van der Waals surface area (Å²) >= 11 is 0. The van der Waals surface area contributed by atoms with Gasteiger partial charge < -0.3 is 20.7 Å². The lowest BCUT2D eigenvalue weighted by molar-refractivity contribution is 0.167. The molecule has 1 unspecified atom stereocenters. The van der Waals surface area contributed by atoms with Crippen LogP contribution in [-0.2, 0) is 6.54 Å². The number of rotatable bonds is 7. The second kappa shape index (κ2) is 6.56. The first kappa shape index (κ1) is 16.8. The third kappa shape index (κ3) is 3.62. The summed E-state index contributed by atoms with van der Waals surface area (Å²) in [5.41, 5.74) is 1.82. The van der Waals surface area contributed by atoms with Gasteiger partial charge in [0.05, 0.1) is 24.2 Å². The number of anilines is 3. The number of H-pyrrole nitrogens is 1. The van der Waals surface area contributed by atoms with Crippen molar-refractivity contribution < 1.29 is 5.11 Å². The van der Waals surface area contributed by atoms with E-state index in [1.165, 1.54) is 12.8 Å². The molecule has 1 fully saturated rings. The second-order valence-corrected chi connectivity index (χ2v) is 7.18. The topological polar surface area (TPSA) is 117 Å². The van der Waals surface area contributed by atoms with Crippen molar-refractivity contribution in [3.05, 3.63) is 18.0 Å². The summed E-state index contributed by atoms with van der Waals surface area (Å²) in [5.74, 6) is 2.53. The van der Waals surface area contributed by atoms with E-state index in [9.17, 15) is 5.11 Å². The molecule has 1 aliphatic rings. The molecule has 9 heteroatoms. The lowest BCUT2D eigenvalue weighted by atomic mass is 10.2. The normalized spacial score (nSPS) is 16.6. The summed E-state index contributed by atoms with van der Waals surface area (Å²) in [4.78, 5) is 12.5. The Kier molecular flexibility index (Phi) is 4.23. The molecule has 0 amide bonds. The fraction of sp³-hybridized carbons (Fsp3) is 0.529. The monoisotopic (exact) mass is 356 g/mol. The molecule has 0 spiro atoms. The third-order valence-corrected chi connectivity index (χ3v) is 4.55. The lowest BCUT2D eigenvalue weighted by Crippen LogP contribution is -2.18. The molecule has 0 radical (unpaired) electrons. The number of nitrogens with zero attached hydrogens (tertiary/aromatic N) is 5. The van der Waals surface area contributed by atoms with Crippen molar-refractivity contribution >= 4 is 28.6 Å². The molecular formula is C17H24N8O. The van der Waals surface area contributed by atoms with E-state index in [4.69, 9.17) is 0 Å². The van der Waals surface area contributed by atoms with Gasteiger partial charge in [0, 0.05) is 11.7 Å². The highest BCUT2D eigenvalue weighted by molar-refractivity contribution is 5.89. The highest BCUT2D eigenvalue weighted by Gasteiger charge is 2.28. The van der Waals surface area contributed by atoms with Crippen molar-refractivity contribution in [3.8, 4) is 0 Å². The van der Waals surface area contributed by atoms with E-state index in [0.29, 0.717) is 24.4 Å². The van der Waals surface area contributed by atoms with E-state index in [0.717, 1.165) is 28.5 Å². The maximum atomic E-state index is 9.45. The van der Waals surface area contributed by atoms with E-state index in [-0.39, 0.29) is 0 Å². The molecule has 4 rings (SSSR count). The van der Waals surface area contributed by atoms with Gasteiger partial charge in [-0.25, -0.2) is 4.68 Å². The molecule has 0 aromatic carbocycles. The molecular weight excluding hydrogens is 332 g/mol. The van der Waals surface area contributed by atoms with Crippen molar-refractivity contribution in [1.82, 2.24) is 29.9 Å². The molecule has 3 heterocycles. The van der Waals surface area contributed by atoms with Crippen molar-refractivity contribution in [2.75, 3.05) is 10.6 Å². The minimum absolute atomic E-state index is 0.378. The third-order valence-electron chi connectivity index (χ3n) is 4.55. The van der Waals surface area contributed by atoms with Crippen LogP contribution in [-0.4, -0.2) is 47.2 Å². The van der Waals surface area contributed by atoms with Crippen LogP contribution >= 0.6 is 0 Å². The van der Waals surface area contributed by atoms with Crippen molar-refractivity contribution in [2.24, 2.45) is 5.92 Å². The number of aromatic amines is 1. The van der Waals surface area contributed by atoms with Gasteiger partial charge in [0.15, 0.2) is 5.82 Å². The zero-order valence-electron chi connectivity index (χ0n) is 15.2. The fourth-order valence-corrected chi connectivity index (χ4v) is 3.07. The highest BCUT2D eigenvalue weighted by Crippen LogP contribution is 2.35. The van der Waals surface area contributed by atoms with Crippen LogP contribution < -0.4 is 10.6 Å². The zero-order chi connectivity index (χ0) is 18.3. The predicted molar refractivity (Wildman–Crippen MR) is 99.4 cm³/mol. The van der Waals surface area contributed by atoms with Crippen LogP contribution in [0.15, 0.2) is 12.3 Å². The van der Waals surface area contributed by atoms with Crippen molar-refractivity contribution in [2.45, 2.75) is 52.3 Å². The van der Waals surface area contributed by atoms with Gasteiger partial charge in [-0.05, 0) is 45.6 Å². The number of nitrogens with one attached hydrogen (secondary N) is 3. The van der Waals surface area contributed by atoms with E-state index in [2.05, 4.69) is 48.9 Å². The largest absolute Gasteiger partial charge is 0.391 e. The highest BCUT2D eigenvalue weighted by atomic mass is 16.3. The first-order chi connectivity index (χ1) is 12.5. The average Bonchev–Trinajstić information content (AvgIpc) is 3.23. The van der Waals surface area contributed by atoms with Gasteiger partial charge in [-0.15, -0.1) is 5.10 Å². The molecule has 0 saturated heterocycles. The van der Waals surface area contributed by atoms with Gasteiger partial charge in [-0.3, -0.25) is 0 Å². The maximum Gasteiger partial charge on any atom is 0.232 e. The van der Waals surface area contributed by atoms with E-state index in [1.807, 2.05) is 6.92 Å². The van der Waals surface area contributed by atoms with Gasteiger partial charge in [-0.1, -0.05) is 5.21 Å². The number of aromatic nitrogens is 6. The Hall–Kier alpha value is -2.68. The van der Waals surface area contributed by atoms with Crippen LogP contribution in [0.5, 0.6) is 0 Å². The van der Waals surface area contributed by atoms with Crippen molar-refractivity contribution in [1.29, 1.82) is 0 Å². The van der Waals surface area contributed by atoms with Gasteiger partial charge in [0.2, 0.25) is 5.95 Å². The summed E-state index contributed by atoms with van der Waals surface area (Å²) in [7, 11) is 0. The summed E-state index contributed by atoms with van der Waals surface area (Å²) in [6.07, 6.45) is 3.77. The van der Waals surface area contributed by atoms with Crippen LogP contribution in [0.2, 0.25) is 0 Å². The Morgan fingerprint density at radius 2 is 2.15 bits per heavy atom. The molecule has 0 bridgehead atoms. The van der Waals surface area contributed by atoms with E-state index >= 15 is 0 Å². The maximum absolute atomic E-state index is 9.45. The Balaban J connectivity index is 1.60.